The zero-order valence-electron chi connectivity index (χ0n) is 32.4. The highest BCUT2D eigenvalue weighted by Gasteiger charge is 2.17. The van der Waals surface area contributed by atoms with Crippen molar-refractivity contribution in [1.82, 2.24) is 5.32 Å². The molecule has 0 fully saturated rings. The van der Waals surface area contributed by atoms with Crippen molar-refractivity contribution in [3.05, 3.63) is 24.3 Å². The summed E-state index contributed by atoms with van der Waals surface area (Å²) < 4.78 is 5.41. The van der Waals surface area contributed by atoms with E-state index in [9.17, 15) is 19.8 Å². The minimum Gasteiger partial charge on any atom is -0.466 e. The van der Waals surface area contributed by atoms with E-state index in [-0.39, 0.29) is 18.5 Å². The molecule has 6 nitrogen and oxygen atoms in total. The summed E-state index contributed by atoms with van der Waals surface area (Å²) in [4.78, 5) is 24.3. The SMILES string of the molecule is CCCCCCCCCC/C=C/C(O)C(CO)NC(=O)CCC/C=C\CCCCCCOC(=O)CCCCCCCCCCCCCCC. The predicted molar refractivity (Wildman–Crippen MR) is 209 cm³/mol. The molecule has 0 aromatic rings. The first-order valence-electron chi connectivity index (χ1n) is 21.1. The number of hydrogen-bond donors (Lipinski definition) is 3. The lowest BCUT2D eigenvalue weighted by Crippen LogP contribution is -2.45. The molecule has 2 unspecified atom stereocenters. The molecule has 0 aromatic heterocycles. The van der Waals surface area contributed by atoms with Crippen molar-refractivity contribution in [3.8, 4) is 0 Å². The van der Waals surface area contributed by atoms with Crippen LogP contribution in [0, 0.1) is 0 Å². The molecule has 0 aliphatic rings. The van der Waals surface area contributed by atoms with E-state index < -0.39 is 12.1 Å². The van der Waals surface area contributed by atoms with Gasteiger partial charge in [-0.1, -0.05) is 173 Å². The number of rotatable bonds is 38. The minimum absolute atomic E-state index is 0.0380. The van der Waals surface area contributed by atoms with Crippen LogP contribution in [0.15, 0.2) is 24.3 Å². The Morgan fingerprint density at radius 1 is 0.551 bits per heavy atom. The summed E-state index contributed by atoms with van der Waals surface area (Å²) in [6.45, 7) is 4.77. The molecule has 0 heterocycles. The Labute approximate surface area is 303 Å². The minimum atomic E-state index is -0.871. The van der Waals surface area contributed by atoms with Gasteiger partial charge in [-0.3, -0.25) is 9.59 Å². The molecule has 6 heteroatoms. The third kappa shape index (κ3) is 36.0. The Morgan fingerprint density at radius 2 is 0.980 bits per heavy atom. The van der Waals surface area contributed by atoms with Crippen LogP contribution in [0.5, 0.6) is 0 Å². The average molecular weight is 692 g/mol. The van der Waals surface area contributed by atoms with Gasteiger partial charge in [0.15, 0.2) is 0 Å². The van der Waals surface area contributed by atoms with Crippen LogP contribution in [0.25, 0.3) is 0 Å². The van der Waals surface area contributed by atoms with Gasteiger partial charge in [-0.2, -0.15) is 0 Å². The van der Waals surface area contributed by atoms with E-state index in [1.165, 1.54) is 116 Å². The number of esters is 1. The van der Waals surface area contributed by atoms with Gasteiger partial charge in [0.1, 0.15) is 0 Å². The van der Waals surface area contributed by atoms with Gasteiger partial charge >= 0.3 is 5.97 Å². The zero-order chi connectivity index (χ0) is 35.9. The van der Waals surface area contributed by atoms with E-state index in [0.29, 0.717) is 19.4 Å². The van der Waals surface area contributed by atoms with E-state index in [2.05, 4.69) is 31.3 Å². The fourth-order valence-corrected chi connectivity index (χ4v) is 6.16. The summed E-state index contributed by atoms with van der Waals surface area (Å²) >= 11 is 0. The lowest BCUT2D eigenvalue weighted by atomic mass is 10.0. The number of nitrogens with one attached hydrogen (secondary N) is 1. The van der Waals surface area contributed by atoms with Crippen LogP contribution in [0.1, 0.15) is 213 Å². The summed E-state index contributed by atoms with van der Waals surface area (Å²) in [6.07, 6.45) is 43.1. The van der Waals surface area contributed by atoms with Crippen molar-refractivity contribution in [2.75, 3.05) is 13.2 Å². The second-order valence-corrected chi connectivity index (χ2v) is 14.3. The molecule has 0 saturated carbocycles. The number of aliphatic hydroxyl groups is 2. The Hall–Kier alpha value is -1.66. The number of ether oxygens (including phenoxy) is 1. The van der Waals surface area contributed by atoms with Gasteiger partial charge in [0, 0.05) is 12.8 Å². The molecule has 0 rings (SSSR count). The van der Waals surface area contributed by atoms with Gasteiger partial charge in [0.05, 0.1) is 25.4 Å². The molecule has 1 amide bonds. The summed E-state index contributed by atoms with van der Waals surface area (Å²) in [7, 11) is 0. The van der Waals surface area contributed by atoms with Crippen molar-refractivity contribution in [3.63, 3.8) is 0 Å². The van der Waals surface area contributed by atoms with Gasteiger partial charge in [0.2, 0.25) is 5.91 Å². The molecule has 3 N–H and O–H groups in total. The van der Waals surface area contributed by atoms with Crippen LogP contribution >= 0.6 is 0 Å². The average Bonchev–Trinajstić information content (AvgIpc) is 3.10. The smallest absolute Gasteiger partial charge is 0.305 e. The van der Waals surface area contributed by atoms with E-state index in [0.717, 1.165) is 70.6 Å². The molecule has 0 saturated heterocycles. The maximum absolute atomic E-state index is 12.3. The highest BCUT2D eigenvalue weighted by atomic mass is 16.5. The molecular formula is C43H81NO5. The number of unbranched alkanes of at least 4 members (excludes halogenated alkanes) is 25. The van der Waals surface area contributed by atoms with Gasteiger partial charge in [-0.15, -0.1) is 0 Å². The fraction of sp³-hybridized carbons (Fsp3) is 0.860. The first-order valence-corrected chi connectivity index (χ1v) is 21.1. The number of aliphatic hydroxyl groups excluding tert-OH is 2. The van der Waals surface area contributed by atoms with Crippen LogP contribution in [0.4, 0.5) is 0 Å². The molecule has 0 bridgehead atoms. The highest BCUT2D eigenvalue weighted by molar-refractivity contribution is 5.76. The zero-order valence-corrected chi connectivity index (χ0v) is 32.4. The van der Waals surface area contributed by atoms with Crippen LogP contribution in [0.2, 0.25) is 0 Å². The predicted octanol–water partition coefficient (Wildman–Crippen LogP) is 11.6. The van der Waals surface area contributed by atoms with Crippen molar-refractivity contribution in [1.29, 1.82) is 0 Å². The number of amides is 1. The number of carbonyl (C=O) groups excluding carboxylic acids is 2. The summed E-state index contributed by atoms with van der Waals surface area (Å²) in [5, 5.41) is 22.8. The largest absolute Gasteiger partial charge is 0.466 e. The molecular weight excluding hydrogens is 610 g/mol. The fourth-order valence-electron chi connectivity index (χ4n) is 6.16. The topological polar surface area (TPSA) is 95.9 Å². The molecule has 288 valence electrons. The lowest BCUT2D eigenvalue weighted by Gasteiger charge is -2.19. The number of allylic oxidation sites excluding steroid dienone is 3. The van der Waals surface area contributed by atoms with Crippen molar-refractivity contribution in [2.45, 2.75) is 225 Å². The Kier molecular flexibility index (Phi) is 37.8. The lowest BCUT2D eigenvalue weighted by molar-refractivity contribution is -0.143. The Bertz CT molecular complexity index is 767. The quantitative estimate of drug-likeness (QED) is 0.0340. The van der Waals surface area contributed by atoms with Crippen molar-refractivity contribution in [2.24, 2.45) is 0 Å². The summed E-state index contributed by atoms with van der Waals surface area (Å²) in [5.74, 6) is -0.169. The molecule has 49 heavy (non-hydrogen) atoms. The third-order valence-corrected chi connectivity index (χ3v) is 9.47. The van der Waals surface area contributed by atoms with E-state index in [1.54, 1.807) is 6.08 Å². The van der Waals surface area contributed by atoms with Crippen LogP contribution in [-0.2, 0) is 14.3 Å². The van der Waals surface area contributed by atoms with E-state index in [1.807, 2.05) is 6.08 Å². The maximum atomic E-state index is 12.3. The van der Waals surface area contributed by atoms with E-state index >= 15 is 0 Å². The van der Waals surface area contributed by atoms with Crippen molar-refractivity contribution >= 4 is 11.9 Å². The summed E-state index contributed by atoms with van der Waals surface area (Å²) in [5.41, 5.74) is 0. The normalized spacial score (nSPS) is 13.0. The van der Waals surface area contributed by atoms with E-state index in [4.69, 9.17) is 4.74 Å². The van der Waals surface area contributed by atoms with Crippen molar-refractivity contribution < 1.29 is 24.5 Å². The highest BCUT2D eigenvalue weighted by Crippen LogP contribution is 2.14. The Balaban J connectivity index is 3.58. The molecule has 0 aliphatic heterocycles. The van der Waals surface area contributed by atoms with Crippen LogP contribution in [-0.4, -0.2) is 47.4 Å². The van der Waals surface area contributed by atoms with Gasteiger partial charge < -0.3 is 20.3 Å². The molecule has 0 aromatic carbocycles. The van der Waals surface area contributed by atoms with Gasteiger partial charge in [0.25, 0.3) is 0 Å². The molecule has 0 spiro atoms. The van der Waals surface area contributed by atoms with Gasteiger partial charge in [-0.05, 0) is 51.4 Å². The number of carbonyl (C=O) groups is 2. The third-order valence-electron chi connectivity index (χ3n) is 9.47. The molecule has 2 atom stereocenters. The molecule has 0 radical (unpaired) electrons. The number of hydrogen-bond acceptors (Lipinski definition) is 5. The van der Waals surface area contributed by atoms with Crippen LogP contribution in [0.3, 0.4) is 0 Å². The van der Waals surface area contributed by atoms with Crippen LogP contribution < -0.4 is 5.32 Å². The van der Waals surface area contributed by atoms with Gasteiger partial charge in [-0.25, -0.2) is 0 Å². The standard InChI is InChI=1S/C43H81NO5/c1-3-5-7-9-11-13-15-16-17-21-25-29-33-37-43(48)49-38-34-30-26-22-18-20-24-28-32-36-42(47)44-40(39-45)41(46)35-31-27-23-19-14-12-10-8-6-4-2/h20,24,31,35,40-41,45-46H,3-19,21-23,25-30,32-34,36-39H2,1-2H3,(H,44,47)/b24-20-,35-31+. The Morgan fingerprint density at radius 3 is 1.49 bits per heavy atom. The summed E-state index contributed by atoms with van der Waals surface area (Å²) in [6, 6.07) is -0.662. The second kappa shape index (κ2) is 39.1. The monoisotopic (exact) mass is 692 g/mol. The maximum Gasteiger partial charge on any atom is 0.305 e. The molecule has 0 aliphatic carbocycles. The first-order chi connectivity index (χ1) is 24.0. The first kappa shape index (κ1) is 47.3. The second-order valence-electron chi connectivity index (χ2n) is 14.3.